The zero-order chi connectivity index (χ0) is 20.5. The summed E-state index contributed by atoms with van der Waals surface area (Å²) in [6.07, 6.45) is -0.479. The predicted octanol–water partition coefficient (Wildman–Crippen LogP) is 1.98. The van der Waals surface area contributed by atoms with Crippen molar-refractivity contribution >= 4 is 0 Å². The number of hydrogen-bond acceptors (Lipinski definition) is 5. The average Bonchev–Trinajstić information content (AvgIpc) is 2.74. The molecule has 0 aromatic heterocycles. The molecular weight excluding hydrogens is 368 g/mol. The minimum absolute atomic E-state index is 0.414. The molecule has 4 rings (SSSR count). The van der Waals surface area contributed by atoms with Gasteiger partial charge in [0, 0.05) is 0 Å². The van der Waals surface area contributed by atoms with Gasteiger partial charge in [0.05, 0.1) is 6.61 Å². The summed E-state index contributed by atoms with van der Waals surface area (Å²) < 4.78 is 5.82. The number of aryl methyl sites for hydroxylation is 2. The highest BCUT2D eigenvalue weighted by Gasteiger charge is 2.44. The van der Waals surface area contributed by atoms with E-state index < -0.39 is 37.1 Å². The second-order valence-corrected chi connectivity index (χ2v) is 8.44. The van der Waals surface area contributed by atoms with Gasteiger partial charge in [0.25, 0.3) is 0 Å². The number of fused-ring (bicyclic) bond motifs is 1. The largest absolute Gasteiger partial charge is 0.394 e. The maximum atomic E-state index is 10.6. The van der Waals surface area contributed by atoms with Crippen LogP contribution in [0.25, 0.3) is 0 Å². The average molecular weight is 398 g/mol. The molecule has 0 bridgehead atoms. The second-order valence-electron chi connectivity index (χ2n) is 8.44. The van der Waals surface area contributed by atoms with E-state index in [1.54, 1.807) is 0 Å². The van der Waals surface area contributed by atoms with Gasteiger partial charge >= 0.3 is 0 Å². The van der Waals surface area contributed by atoms with Crippen molar-refractivity contribution in [2.45, 2.75) is 69.5 Å². The van der Waals surface area contributed by atoms with E-state index in [1.165, 1.54) is 34.2 Å². The summed E-state index contributed by atoms with van der Waals surface area (Å²) in [5.41, 5.74) is 7.13. The van der Waals surface area contributed by atoms with Crippen molar-refractivity contribution < 1.29 is 25.2 Å². The zero-order valence-electron chi connectivity index (χ0n) is 16.8. The summed E-state index contributed by atoms with van der Waals surface area (Å²) in [4.78, 5) is 0. The second kappa shape index (κ2) is 8.54. The predicted molar refractivity (Wildman–Crippen MR) is 110 cm³/mol. The van der Waals surface area contributed by atoms with Crippen LogP contribution in [0.5, 0.6) is 0 Å². The first-order valence-corrected chi connectivity index (χ1v) is 10.5. The summed E-state index contributed by atoms with van der Waals surface area (Å²) in [7, 11) is 0. The lowest BCUT2D eigenvalue weighted by atomic mass is 9.82. The number of benzene rings is 2. The van der Waals surface area contributed by atoms with Crippen molar-refractivity contribution in [1.82, 2.24) is 0 Å². The summed E-state index contributed by atoms with van der Waals surface area (Å²) in [6.45, 7) is 1.66. The number of aliphatic hydroxyl groups excluding tert-OH is 4. The van der Waals surface area contributed by atoms with Gasteiger partial charge in [-0.25, -0.2) is 0 Å². The van der Waals surface area contributed by atoms with Gasteiger partial charge in [-0.2, -0.15) is 0 Å². The Morgan fingerprint density at radius 2 is 1.66 bits per heavy atom. The molecule has 5 heteroatoms. The third kappa shape index (κ3) is 4.11. The van der Waals surface area contributed by atoms with Gasteiger partial charge < -0.3 is 25.2 Å². The molecule has 4 N–H and O–H groups in total. The van der Waals surface area contributed by atoms with Crippen molar-refractivity contribution in [1.29, 1.82) is 0 Å². The topological polar surface area (TPSA) is 90.2 Å². The van der Waals surface area contributed by atoms with E-state index in [-0.39, 0.29) is 0 Å². The van der Waals surface area contributed by atoms with E-state index in [2.05, 4.69) is 43.3 Å². The first-order valence-electron chi connectivity index (χ1n) is 10.5. The lowest BCUT2D eigenvalue weighted by molar-refractivity contribution is -0.231. The Labute approximate surface area is 171 Å². The Balaban J connectivity index is 1.71. The molecule has 1 heterocycles. The molecule has 1 saturated heterocycles. The minimum Gasteiger partial charge on any atom is -0.394 e. The van der Waals surface area contributed by atoms with Crippen LogP contribution in [0, 0.1) is 6.92 Å². The van der Waals surface area contributed by atoms with E-state index in [9.17, 15) is 20.4 Å². The van der Waals surface area contributed by atoms with Crippen LogP contribution < -0.4 is 0 Å². The molecule has 1 aliphatic carbocycles. The van der Waals surface area contributed by atoms with Gasteiger partial charge in [0.2, 0.25) is 0 Å². The Hall–Kier alpha value is -1.76. The number of aliphatic hydroxyl groups is 4. The van der Waals surface area contributed by atoms with Crippen LogP contribution in [0.4, 0.5) is 0 Å². The fourth-order valence-electron chi connectivity index (χ4n) is 4.61. The van der Waals surface area contributed by atoms with Gasteiger partial charge in [-0.1, -0.05) is 42.0 Å². The van der Waals surface area contributed by atoms with Crippen LogP contribution in [-0.2, 0) is 24.0 Å². The molecule has 0 spiro atoms. The van der Waals surface area contributed by atoms with Gasteiger partial charge in [-0.15, -0.1) is 0 Å². The third-order valence-electron chi connectivity index (χ3n) is 6.32. The first-order chi connectivity index (χ1) is 14.0. The van der Waals surface area contributed by atoms with E-state index in [0.29, 0.717) is 0 Å². The molecule has 29 heavy (non-hydrogen) atoms. The standard InChI is InChI=1S/C24H30O5/c1-14-6-8-15(9-7-14)10-17-12-18(11-16-4-2-3-5-19(16)17)24-23(28)22(27)21(26)20(13-25)29-24/h6-9,11-12,20-28H,2-5,10,13H2,1H3/t20-,21+,22?,23+,24+/m1/s1. The highest BCUT2D eigenvalue weighted by Crippen LogP contribution is 2.36. The van der Waals surface area contributed by atoms with E-state index in [4.69, 9.17) is 4.74 Å². The van der Waals surface area contributed by atoms with E-state index >= 15 is 0 Å². The van der Waals surface area contributed by atoms with Crippen molar-refractivity contribution in [2.75, 3.05) is 6.61 Å². The van der Waals surface area contributed by atoms with Crippen LogP contribution in [-0.4, -0.2) is 51.4 Å². The summed E-state index contributed by atoms with van der Waals surface area (Å²) in [5.74, 6) is 0. The quantitative estimate of drug-likeness (QED) is 0.632. The summed E-state index contributed by atoms with van der Waals surface area (Å²) in [6, 6.07) is 12.7. The molecular formula is C24H30O5. The Kier molecular flexibility index (Phi) is 6.04. The van der Waals surface area contributed by atoms with Crippen molar-refractivity contribution in [2.24, 2.45) is 0 Å². The van der Waals surface area contributed by atoms with Crippen molar-refractivity contribution in [3.05, 3.63) is 69.8 Å². The molecule has 1 unspecified atom stereocenters. The molecule has 0 saturated carbocycles. The Morgan fingerprint density at radius 1 is 0.931 bits per heavy atom. The smallest absolute Gasteiger partial charge is 0.113 e. The van der Waals surface area contributed by atoms with Crippen LogP contribution in [0.15, 0.2) is 36.4 Å². The molecule has 156 valence electrons. The highest BCUT2D eigenvalue weighted by molar-refractivity contribution is 5.44. The van der Waals surface area contributed by atoms with Crippen molar-refractivity contribution in [3.8, 4) is 0 Å². The first kappa shape index (κ1) is 20.5. The van der Waals surface area contributed by atoms with E-state index in [1.807, 2.05) is 0 Å². The van der Waals surface area contributed by atoms with Gasteiger partial charge in [-0.05, 0) is 66.8 Å². The fraction of sp³-hybridized carbons (Fsp3) is 0.500. The molecule has 0 radical (unpaired) electrons. The number of ether oxygens (including phenoxy) is 1. The summed E-state index contributed by atoms with van der Waals surface area (Å²) >= 11 is 0. The molecule has 1 aliphatic heterocycles. The van der Waals surface area contributed by atoms with Crippen LogP contribution >= 0.6 is 0 Å². The molecule has 0 amide bonds. The zero-order valence-corrected chi connectivity index (χ0v) is 16.8. The van der Waals surface area contributed by atoms with E-state index in [0.717, 1.165) is 31.2 Å². The molecule has 2 aromatic carbocycles. The van der Waals surface area contributed by atoms with Crippen LogP contribution in [0.2, 0.25) is 0 Å². The van der Waals surface area contributed by atoms with Crippen LogP contribution in [0.1, 0.15) is 52.3 Å². The molecule has 5 nitrogen and oxygen atoms in total. The number of rotatable bonds is 4. The molecule has 2 aliphatic rings. The maximum Gasteiger partial charge on any atom is 0.113 e. The lowest BCUT2D eigenvalue weighted by Gasteiger charge is -2.40. The van der Waals surface area contributed by atoms with Crippen LogP contribution in [0.3, 0.4) is 0 Å². The molecule has 5 atom stereocenters. The lowest BCUT2D eigenvalue weighted by Crippen LogP contribution is -2.55. The normalized spacial score (nSPS) is 29.5. The van der Waals surface area contributed by atoms with Gasteiger partial charge in [0.1, 0.15) is 30.5 Å². The Bertz CT molecular complexity index is 845. The van der Waals surface area contributed by atoms with Crippen molar-refractivity contribution in [3.63, 3.8) is 0 Å². The number of hydrogen-bond donors (Lipinski definition) is 4. The fourth-order valence-corrected chi connectivity index (χ4v) is 4.61. The third-order valence-corrected chi connectivity index (χ3v) is 6.32. The SMILES string of the molecule is Cc1ccc(Cc2cc([C@@H]3O[C@H](CO)[C@H](O)C(O)[C@@H]3O)cc3c2CCCC3)cc1. The maximum absolute atomic E-state index is 10.6. The minimum atomic E-state index is -1.36. The molecule has 2 aromatic rings. The van der Waals surface area contributed by atoms with Gasteiger partial charge in [0.15, 0.2) is 0 Å². The van der Waals surface area contributed by atoms with Gasteiger partial charge in [-0.3, -0.25) is 0 Å². The summed E-state index contributed by atoms with van der Waals surface area (Å²) in [5, 5.41) is 40.4. The Morgan fingerprint density at radius 3 is 2.38 bits per heavy atom. The monoisotopic (exact) mass is 398 g/mol. The molecule has 1 fully saturated rings. The highest BCUT2D eigenvalue weighted by atomic mass is 16.5.